The number of nitrogens with one attached hydrogen (secondary N) is 1. The van der Waals surface area contributed by atoms with Gasteiger partial charge in [-0.15, -0.1) is 0 Å². The van der Waals surface area contributed by atoms with Gasteiger partial charge in [-0.05, 0) is 31.0 Å². The van der Waals surface area contributed by atoms with E-state index >= 15 is 0 Å². The maximum absolute atomic E-state index is 8.14. The monoisotopic (exact) mass is 209 g/mol. The first kappa shape index (κ1) is 12.2. The minimum atomic E-state index is -0.616. The first-order valence-corrected chi connectivity index (χ1v) is 5.22. The largest absolute Gasteiger partial charge is 0.368 e. The average molecular weight is 209 g/mol. The van der Waals surface area contributed by atoms with Crippen molar-refractivity contribution < 1.29 is 9.84 Å². The Hall–Kier alpha value is -0.900. The molecule has 0 saturated heterocycles. The molecule has 0 amide bonds. The van der Waals surface area contributed by atoms with Crippen LogP contribution in [-0.4, -0.2) is 25.1 Å². The van der Waals surface area contributed by atoms with Crippen LogP contribution in [-0.2, 0) is 17.7 Å². The Labute approximate surface area is 91.1 Å². The minimum Gasteiger partial charge on any atom is -0.368 e. The van der Waals surface area contributed by atoms with Crippen LogP contribution in [0.3, 0.4) is 0 Å². The molecule has 0 aliphatic carbocycles. The van der Waals surface area contributed by atoms with Gasteiger partial charge < -0.3 is 15.2 Å². The van der Waals surface area contributed by atoms with Gasteiger partial charge in [0.15, 0.2) is 6.29 Å². The molecule has 1 unspecified atom stereocenters. The second-order valence-electron chi connectivity index (χ2n) is 3.53. The summed E-state index contributed by atoms with van der Waals surface area (Å²) in [5.41, 5.74) is 2.98. The maximum atomic E-state index is 8.14. The van der Waals surface area contributed by atoms with E-state index in [9.17, 15) is 0 Å². The molecule has 3 nitrogen and oxygen atoms in total. The molecule has 0 bridgehead atoms. The smallest absolute Gasteiger partial charge is 0.151 e. The Balaban J connectivity index is 0.000000195. The van der Waals surface area contributed by atoms with Gasteiger partial charge in [0.2, 0.25) is 0 Å². The zero-order valence-electron chi connectivity index (χ0n) is 9.36. The molecule has 0 spiro atoms. The lowest BCUT2D eigenvalue weighted by Crippen LogP contribution is -2.23. The maximum Gasteiger partial charge on any atom is 0.151 e. The lowest BCUT2D eigenvalue weighted by atomic mass is 10.0. The first-order chi connectivity index (χ1) is 7.24. The number of ether oxygens (including phenoxy) is 1. The van der Waals surface area contributed by atoms with E-state index in [0.29, 0.717) is 0 Å². The third kappa shape index (κ3) is 4.42. The van der Waals surface area contributed by atoms with Crippen LogP contribution in [0.4, 0.5) is 0 Å². The van der Waals surface area contributed by atoms with Crippen molar-refractivity contribution in [2.75, 3.05) is 13.7 Å². The lowest BCUT2D eigenvalue weighted by Gasteiger charge is -2.15. The van der Waals surface area contributed by atoms with Crippen LogP contribution in [0.5, 0.6) is 0 Å². The number of fused-ring (bicyclic) bond motifs is 1. The van der Waals surface area contributed by atoms with E-state index in [1.807, 2.05) is 0 Å². The fourth-order valence-electron chi connectivity index (χ4n) is 1.42. The van der Waals surface area contributed by atoms with E-state index in [0.717, 1.165) is 13.1 Å². The van der Waals surface area contributed by atoms with Gasteiger partial charge >= 0.3 is 0 Å². The van der Waals surface area contributed by atoms with Crippen molar-refractivity contribution in [2.45, 2.75) is 26.2 Å². The van der Waals surface area contributed by atoms with Gasteiger partial charge in [-0.25, -0.2) is 0 Å². The number of hydrogen-bond donors (Lipinski definition) is 2. The van der Waals surface area contributed by atoms with Crippen molar-refractivity contribution in [3.05, 3.63) is 35.4 Å². The molecule has 1 aromatic rings. The van der Waals surface area contributed by atoms with Gasteiger partial charge in [0, 0.05) is 13.7 Å². The fraction of sp³-hybridized carbons (Fsp3) is 0.500. The van der Waals surface area contributed by atoms with Crippen LogP contribution in [0, 0.1) is 0 Å². The summed E-state index contributed by atoms with van der Waals surface area (Å²) in [4.78, 5) is 0. The van der Waals surface area contributed by atoms with E-state index in [1.165, 1.54) is 24.7 Å². The Morgan fingerprint density at radius 1 is 1.33 bits per heavy atom. The van der Waals surface area contributed by atoms with E-state index in [2.05, 4.69) is 34.3 Å². The summed E-state index contributed by atoms with van der Waals surface area (Å²) in [6, 6.07) is 8.63. The zero-order valence-corrected chi connectivity index (χ0v) is 9.36. The average Bonchev–Trinajstić information content (AvgIpc) is 2.30. The number of aliphatic hydroxyl groups is 1. The second kappa shape index (κ2) is 6.56. The van der Waals surface area contributed by atoms with Crippen molar-refractivity contribution in [1.82, 2.24) is 5.32 Å². The van der Waals surface area contributed by atoms with Crippen molar-refractivity contribution >= 4 is 0 Å². The molecule has 1 aliphatic rings. The number of aliphatic hydroxyl groups excluding tert-OH is 1. The number of benzene rings is 1. The molecule has 2 N–H and O–H groups in total. The first-order valence-electron chi connectivity index (χ1n) is 5.22. The number of methoxy groups -OCH3 is 1. The summed E-state index contributed by atoms with van der Waals surface area (Å²) in [5, 5.41) is 11.5. The van der Waals surface area contributed by atoms with E-state index < -0.39 is 6.29 Å². The predicted octanol–water partition coefficient (Wildman–Crippen LogP) is 1.30. The molecule has 1 heterocycles. The van der Waals surface area contributed by atoms with Crippen molar-refractivity contribution in [1.29, 1.82) is 0 Å². The van der Waals surface area contributed by atoms with Gasteiger partial charge in [0.1, 0.15) is 0 Å². The van der Waals surface area contributed by atoms with Crippen LogP contribution in [0.2, 0.25) is 0 Å². The molecular weight excluding hydrogens is 190 g/mol. The van der Waals surface area contributed by atoms with Crippen LogP contribution in [0.1, 0.15) is 18.1 Å². The summed E-state index contributed by atoms with van der Waals surface area (Å²) in [6.07, 6.45) is 0.575. The zero-order chi connectivity index (χ0) is 11.1. The molecule has 0 fully saturated rings. The van der Waals surface area contributed by atoms with Crippen LogP contribution < -0.4 is 5.32 Å². The van der Waals surface area contributed by atoms with Gasteiger partial charge in [-0.2, -0.15) is 0 Å². The topological polar surface area (TPSA) is 41.5 Å². The van der Waals surface area contributed by atoms with Gasteiger partial charge in [-0.1, -0.05) is 24.3 Å². The molecule has 0 aromatic heterocycles. The third-order valence-corrected chi connectivity index (χ3v) is 2.35. The Bertz CT molecular complexity index is 262. The fourth-order valence-corrected chi connectivity index (χ4v) is 1.42. The molecule has 1 aliphatic heterocycles. The van der Waals surface area contributed by atoms with Gasteiger partial charge in [-0.3, -0.25) is 0 Å². The van der Waals surface area contributed by atoms with Crippen LogP contribution >= 0.6 is 0 Å². The molecule has 15 heavy (non-hydrogen) atoms. The highest BCUT2D eigenvalue weighted by Crippen LogP contribution is 2.11. The minimum absolute atomic E-state index is 0.616. The van der Waals surface area contributed by atoms with Crippen LogP contribution in [0.15, 0.2) is 24.3 Å². The lowest BCUT2D eigenvalue weighted by molar-refractivity contribution is -0.0583. The SMILES string of the molecule is COC(C)O.c1ccc2c(c1)CCNC2. The molecule has 3 heteroatoms. The Morgan fingerprint density at radius 2 is 1.93 bits per heavy atom. The summed E-state index contributed by atoms with van der Waals surface area (Å²) >= 11 is 0. The third-order valence-electron chi connectivity index (χ3n) is 2.35. The molecule has 84 valence electrons. The van der Waals surface area contributed by atoms with Gasteiger partial charge in [0.05, 0.1) is 0 Å². The molecule has 2 rings (SSSR count). The van der Waals surface area contributed by atoms with E-state index in [4.69, 9.17) is 5.11 Å². The number of rotatable bonds is 1. The Morgan fingerprint density at radius 3 is 2.47 bits per heavy atom. The highest BCUT2D eigenvalue weighted by molar-refractivity contribution is 5.28. The highest BCUT2D eigenvalue weighted by Gasteiger charge is 2.05. The van der Waals surface area contributed by atoms with Crippen LogP contribution in [0.25, 0.3) is 0 Å². The van der Waals surface area contributed by atoms with E-state index in [1.54, 1.807) is 6.92 Å². The van der Waals surface area contributed by atoms with Crippen molar-refractivity contribution in [3.63, 3.8) is 0 Å². The normalized spacial score (nSPS) is 15.9. The molecule has 0 radical (unpaired) electrons. The van der Waals surface area contributed by atoms with Gasteiger partial charge in [0.25, 0.3) is 0 Å². The summed E-state index contributed by atoms with van der Waals surface area (Å²) in [7, 11) is 1.45. The van der Waals surface area contributed by atoms with E-state index in [-0.39, 0.29) is 0 Å². The second-order valence-corrected chi connectivity index (χ2v) is 3.53. The quantitative estimate of drug-likeness (QED) is 0.685. The van der Waals surface area contributed by atoms with Crippen molar-refractivity contribution in [3.8, 4) is 0 Å². The molecule has 1 aromatic carbocycles. The predicted molar refractivity (Wildman–Crippen MR) is 60.5 cm³/mol. The highest BCUT2D eigenvalue weighted by atomic mass is 16.6. The number of hydrogen-bond acceptors (Lipinski definition) is 3. The van der Waals surface area contributed by atoms with Crippen molar-refractivity contribution in [2.24, 2.45) is 0 Å². The summed E-state index contributed by atoms with van der Waals surface area (Å²) in [5.74, 6) is 0. The molecule has 1 atom stereocenters. The summed E-state index contributed by atoms with van der Waals surface area (Å²) < 4.78 is 4.31. The standard InChI is InChI=1S/C9H11N.C3H8O2/c1-2-4-9-7-10-6-5-8(9)3-1;1-3(4)5-2/h1-4,10H,5-7H2;3-4H,1-2H3. The molecular formula is C12H19NO2. The summed E-state index contributed by atoms with van der Waals surface area (Å²) in [6.45, 7) is 3.74. The molecule has 0 saturated carbocycles. The Kier molecular flexibility index (Phi) is 5.32.